The Labute approximate surface area is 252 Å². The topological polar surface area (TPSA) is 95.0 Å². The van der Waals surface area contributed by atoms with E-state index < -0.39 is 11.7 Å². The van der Waals surface area contributed by atoms with Gasteiger partial charge >= 0.3 is 6.18 Å². The maximum absolute atomic E-state index is 13.1. The van der Waals surface area contributed by atoms with Gasteiger partial charge in [0.1, 0.15) is 23.0 Å². The molecular formula is C32H31F3N4O5. The highest BCUT2D eigenvalue weighted by atomic mass is 19.4. The number of Topliss-reactive ketones (excluding diaryl/α,β-unsaturated/α-hetero) is 1. The number of ether oxygens (including phenoxy) is 4. The molecule has 1 aliphatic rings. The Kier molecular flexibility index (Phi) is 9.49. The summed E-state index contributed by atoms with van der Waals surface area (Å²) in [4.78, 5) is 24.2. The first-order valence-corrected chi connectivity index (χ1v) is 13.8. The van der Waals surface area contributed by atoms with Crippen LogP contribution in [0.15, 0.2) is 72.9 Å². The van der Waals surface area contributed by atoms with E-state index >= 15 is 0 Å². The summed E-state index contributed by atoms with van der Waals surface area (Å²) < 4.78 is 61.2. The minimum absolute atomic E-state index is 0.0452. The predicted octanol–water partition coefficient (Wildman–Crippen LogP) is 6.24. The number of morpholine rings is 1. The summed E-state index contributed by atoms with van der Waals surface area (Å²) >= 11 is 0. The Balaban J connectivity index is 1.36. The van der Waals surface area contributed by atoms with Crippen LogP contribution in [0.3, 0.4) is 0 Å². The fourth-order valence-electron chi connectivity index (χ4n) is 4.66. The molecular weight excluding hydrogens is 577 g/mol. The first-order valence-electron chi connectivity index (χ1n) is 13.8. The van der Waals surface area contributed by atoms with Crippen LogP contribution in [-0.4, -0.2) is 56.3 Å². The van der Waals surface area contributed by atoms with Crippen molar-refractivity contribution >= 4 is 23.1 Å². The van der Waals surface area contributed by atoms with Crippen molar-refractivity contribution in [1.29, 1.82) is 0 Å². The van der Waals surface area contributed by atoms with Crippen LogP contribution in [0.1, 0.15) is 16.7 Å². The molecule has 0 bridgehead atoms. The molecule has 0 amide bonds. The molecule has 3 aromatic carbocycles. The summed E-state index contributed by atoms with van der Waals surface area (Å²) in [6, 6.07) is 17.2. The molecule has 230 valence electrons. The normalized spacial score (nSPS) is 13.3. The summed E-state index contributed by atoms with van der Waals surface area (Å²) in [5.41, 5.74) is 2.04. The molecule has 5 rings (SSSR count). The Morgan fingerprint density at radius 2 is 1.57 bits per heavy atom. The molecule has 0 radical (unpaired) electrons. The number of carbonyl (C=O) groups excluding carboxylic acids is 1. The number of alkyl halides is 3. The third-order valence-electron chi connectivity index (χ3n) is 6.92. The van der Waals surface area contributed by atoms with Crippen LogP contribution in [0.25, 0.3) is 0 Å². The molecule has 0 atom stereocenters. The number of hydrogen-bond donors (Lipinski definition) is 1. The van der Waals surface area contributed by atoms with Crippen molar-refractivity contribution in [3.8, 4) is 23.1 Å². The van der Waals surface area contributed by atoms with Gasteiger partial charge in [0.05, 0.1) is 33.0 Å². The van der Waals surface area contributed by atoms with Gasteiger partial charge in [-0.3, -0.25) is 4.79 Å². The van der Waals surface area contributed by atoms with E-state index in [-0.39, 0.29) is 36.2 Å². The zero-order valence-electron chi connectivity index (χ0n) is 24.2. The highest BCUT2D eigenvalue weighted by Crippen LogP contribution is 2.32. The van der Waals surface area contributed by atoms with E-state index in [1.807, 2.05) is 24.3 Å². The monoisotopic (exact) mass is 608 g/mol. The first kappa shape index (κ1) is 30.6. The summed E-state index contributed by atoms with van der Waals surface area (Å²) in [6.07, 6.45) is -3.02. The third kappa shape index (κ3) is 7.95. The molecule has 1 fully saturated rings. The number of carbonyl (C=O) groups is 1. The summed E-state index contributed by atoms with van der Waals surface area (Å²) in [7, 11) is 3.05. The minimum atomic E-state index is -4.48. The van der Waals surface area contributed by atoms with Crippen molar-refractivity contribution in [2.45, 2.75) is 19.0 Å². The molecule has 0 aliphatic carbocycles. The van der Waals surface area contributed by atoms with Gasteiger partial charge in [-0.05, 0) is 66.2 Å². The van der Waals surface area contributed by atoms with E-state index in [0.29, 0.717) is 35.8 Å². The van der Waals surface area contributed by atoms with E-state index in [2.05, 4.69) is 20.2 Å². The standard InChI is InChI=1S/C32H31F3N4O5/c1-41-28-16-21(17-29(19-28)42-2)15-26(40)18-22-20-36-31(37-24-5-7-25(8-6-24)39-11-13-43-14-12-39)38-30(22)44-27-9-3-23(4-10-27)32(33,34)35/h3-10,16-17,19-20H,11-15,18H2,1-2H3,(H,36,37,38). The van der Waals surface area contributed by atoms with Gasteiger partial charge in [-0.2, -0.15) is 18.2 Å². The van der Waals surface area contributed by atoms with Crippen molar-refractivity contribution in [3.63, 3.8) is 0 Å². The van der Waals surface area contributed by atoms with Gasteiger partial charge in [-0.15, -0.1) is 0 Å². The number of halogens is 3. The van der Waals surface area contributed by atoms with Gasteiger partial charge in [0, 0.05) is 55.1 Å². The Hall–Kier alpha value is -4.84. The largest absolute Gasteiger partial charge is 0.497 e. The highest BCUT2D eigenvalue weighted by molar-refractivity contribution is 5.83. The van der Waals surface area contributed by atoms with Crippen LogP contribution < -0.4 is 24.4 Å². The van der Waals surface area contributed by atoms with Crippen LogP contribution in [0.5, 0.6) is 23.1 Å². The molecule has 0 spiro atoms. The maximum Gasteiger partial charge on any atom is 0.416 e. The van der Waals surface area contributed by atoms with Crippen LogP contribution >= 0.6 is 0 Å². The van der Waals surface area contributed by atoms with Crippen LogP contribution in [0.2, 0.25) is 0 Å². The molecule has 4 aromatic rings. The minimum Gasteiger partial charge on any atom is -0.497 e. The Morgan fingerprint density at radius 1 is 0.909 bits per heavy atom. The van der Waals surface area contributed by atoms with Crippen molar-refractivity contribution in [2.75, 3.05) is 50.7 Å². The van der Waals surface area contributed by atoms with Crippen molar-refractivity contribution in [3.05, 3.63) is 89.6 Å². The zero-order chi connectivity index (χ0) is 31.1. The van der Waals surface area contributed by atoms with E-state index in [0.717, 1.165) is 36.6 Å². The lowest BCUT2D eigenvalue weighted by Gasteiger charge is -2.28. The Bertz CT molecular complexity index is 1550. The molecule has 2 heterocycles. The highest BCUT2D eigenvalue weighted by Gasteiger charge is 2.30. The van der Waals surface area contributed by atoms with Crippen molar-refractivity contribution in [2.24, 2.45) is 0 Å². The summed E-state index contributed by atoms with van der Waals surface area (Å²) in [5, 5.41) is 3.13. The average Bonchev–Trinajstić information content (AvgIpc) is 3.02. The van der Waals surface area contributed by atoms with Crippen molar-refractivity contribution in [1.82, 2.24) is 9.97 Å². The van der Waals surface area contributed by atoms with Gasteiger partial charge in [0.2, 0.25) is 11.8 Å². The number of aromatic nitrogens is 2. The average molecular weight is 609 g/mol. The second-order valence-corrected chi connectivity index (χ2v) is 10.0. The summed E-state index contributed by atoms with van der Waals surface area (Å²) in [6.45, 7) is 2.98. The van der Waals surface area contributed by atoms with Gasteiger partial charge in [0.25, 0.3) is 0 Å². The number of ketones is 1. The fraction of sp³-hybridized carbons (Fsp3) is 0.281. The summed E-state index contributed by atoms with van der Waals surface area (Å²) in [5.74, 6) is 1.30. The van der Waals surface area contributed by atoms with Crippen LogP contribution in [0, 0.1) is 0 Å². The first-order chi connectivity index (χ1) is 21.2. The second kappa shape index (κ2) is 13.6. The number of rotatable bonds is 11. The molecule has 1 aliphatic heterocycles. The lowest BCUT2D eigenvalue weighted by atomic mass is 10.0. The fourth-order valence-corrected chi connectivity index (χ4v) is 4.66. The van der Waals surface area contributed by atoms with Gasteiger partial charge in [-0.1, -0.05) is 0 Å². The number of hydrogen-bond acceptors (Lipinski definition) is 9. The predicted molar refractivity (Wildman–Crippen MR) is 158 cm³/mol. The molecule has 44 heavy (non-hydrogen) atoms. The molecule has 1 saturated heterocycles. The lowest BCUT2D eigenvalue weighted by molar-refractivity contribution is -0.137. The van der Waals surface area contributed by atoms with Crippen LogP contribution in [0.4, 0.5) is 30.5 Å². The van der Waals surface area contributed by atoms with Crippen molar-refractivity contribution < 1.29 is 36.9 Å². The van der Waals surface area contributed by atoms with Crippen LogP contribution in [-0.2, 0) is 28.5 Å². The zero-order valence-corrected chi connectivity index (χ0v) is 24.2. The third-order valence-corrected chi connectivity index (χ3v) is 6.92. The molecule has 1 N–H and O–H groups in total. The van der Waals surface area contributed by atoms with E-state index in [4.69, 9.17) is 18.9 Å². The molecule has 0 saturated carbocycles. The van der Waals surface area contributed by atoms with Gasteiger partial charge < -0.3 is 29.2 Å². The number of anilines is 3. The van der Waals surface area contributed by atoms with Gasteiger partial charge in [-0.25, -0.2) is 4.98 Å². The number of benzene rings is 3. The second-order valence-electron chi connectivity index (χ2n) is 10.0. The smallest absolute Gasteiger partial charge is 0.416 e. The number of nitrogens with zero attached hydrogens (tertiary/aromatic N) is 3. The lowest BCUT2D eigenvalue weighted by Crippen LogP contribution is -2.36. The van der Waals surface area contributed by atoms with E-state index in [9.17, 15) is 18.0 Å². The SMILES string of the molecule is COc1cc(CC(=O)Cc2cnc(Nc3ccc(N4CCOCC4)cc3)nc2Oc2ccc(C(F)(F)F)cc2)cc(OC)c1. The maximum atomic E-state index is 13.1. The number of methoxy groups -OCH3 is 2. The quantitative estimate of drug-likeness (QED) is 0.212. The van der Waals surface area contributed by atoms with E-state index in [1.54, 1.807) is 18.2 Å². The molecule has 12 heteroatoms. The van der Waals surface area contributed by atoms with E-state index in [1.165, 1.54) is 32.5 Å². The molecule has 1 aromatic heterocycles. The van der Waals surface area contributed by atoms with Gasteiger partial charge in [0.15, 0.2) is 0 Å². The Morgan fingerprint density at radius 3 is 2.18 bits per heavy atom. The molecule has 9 nitrogen and oxygen atoms in total. The molecule has 0 unspecified atom stereocenters. The number of nitrogens with one attached hydrogen (secondary N) is 1.